The number of fused-ring (bicyclic) bond motifs is 3. The van der Waals surface area contributed by atoms with Crippen molar-refractivity contribution >= 4 is 34.8 Å². The van der Waals surface area contributed by atoms with Crippen molar-refractivity contribution in [1.29, 1.82) is 0 Å². The van der Waals surface area contributed by atoms with Crippen molar-refractivity contribution in [2.24, 2.45) is 0 Å². The zero-order valence-electron chi connectivity index (χ0n) is 32.2. The van der Waals surface area contributed by atoms with Gasteiger partial charge in [0.05, 0.1) is 15.5 Å². The summed E-state index contributed by atoms with van der Waals surface area (Å²) in [4.78, 5) is 26.3. The SMILES string of the molecule is Cc1cc(C2(c3ccc(Oc4ccc(C(=O)c5ccccc5Cl)cc4)c(C)c3)c3ccccc3-c3ccccc32)ccc1Oc1ccc(C(=O)c2ccccc2Cl)cc1. The van der Waals surface area contributed by atoms with Crippen LogP contribution in [-0.2, 0) is 5.41 Å². The Morgan fingerprint density at radius 3 is 1.20 bits per heavy atom. The highest BCUT2D eigenvalue weighted by molar-refractivity contribution is 6.35. The van der Waals surface area contributed by atoms with Crippen molar-refractivity contribution in [2.45, 2.75) is 19.3 Å². The molecule has 0 amide bonds. The summed E-state index contributed by atoms with van der Waals surface area (Å²) in [6.45, 7) is 4.12. The molecule has 8 aromatic carbocycles. The van der Waals surface area contributed by atoms with E-state index in [0.717, 1.165) is 22.3 Å². The first-order valence-corrected chi connectivity index (χ1v) is 20.0. The summed E-state index contributed by atoms with van der Waals surface area (Å²) in [5.74, 6) is 2.39. The van der Waals surface area contributed by atoms with Crippen LogP contribution < -0.4 is 9.47 Å². The molecule has 0 radical (unpaired) electrons. The average Bonchev–Trinajstić information content (AvgIpc) is 3.56. The van der Waals surface area contributed by atoms with E-state index in [4.69, 9.17) is 32.7 Å². The Morgan fingerprint density at radius 2 is 0.814 bits per heavy atom. The third-order valence-corrected chi connectivity index (χ3v) is 11.8. The van der Waals surface area contributed by atoms with Crippen LogP contribution in [0.5, 0.6) is 23.0 Å². The van der Waals surface area contributed by atoms with Crippen LogP contribution in [0.3, 0.4) is 0 Å². The Morgan fingerprint density at radius 1 is 0.441 bits per heavy atom. The third kappa shape index (κ3) is 6.80. The topological polar surface area (TPSA) is 52.6 Å². The Hall–Kier alpha value is -6.72. The average molecular weight is 808 g/mol. The molecule has 0 spiro atoms. The molecule has 4 nitrogen and oxygen atoms in total. The van der Waals surface area contributed by atoms with Gasteiger partial charge < -0.3 is 9.47 Å². The van der Waals surface area contributed by atoms with E-state index in [1.165, 1.54) is 22.3 Å². The third-order valence-electron chi connectivity index (χ3n) is 11.1. The molecule has 0 heterocycles. The van der Waals surface area contributed by atoms with Gasteiger partial charge in [0.2, 0.25) is 0 Å². The van der Waals surface area contributed by atoms with E-state index in [-0.39, 0.29) is 11.6 Å². The van der Waals surface area contributed by atoms with Crippen molar-refractivity contribution in [1.82, 2.24) is 0 Å². The number of benzene rings is 8. The van der Waals surface area contributed by atoms with Gasteiger partial charge in [0, 0.05) is 22.3 Å². The number of ketones is 2. The van der Waals surface area contributed by atoms with Gasteiger partial charge in [-0.15, -0.1) is 0 Å². The van der Waals surface area contributed by atoms with E-state index < -0.39 is 5.41 Å². The first-order valence-electron chi connectivity index (χ1n) is 19.3. The number of hydrogen-bond acceptors (Lipinski definition) is 4. The number of halogens is 2. The molecule has 0 fully saturated rings. The second-order valence-electron chi connectivity index (χ2n) is 14.7. The van der Waals surface area contributed by atoms with Crippen LogP contribution in [0.4, 0.5) is 0 Å². The maximum absolute atomic E-state index is 13.1. The first kappa shape index (κ1) is 37.8. The van der Waals surface area contributed by atoms with Crippen LogP contribution >= 0.6 is 23.2 Å². The molecule has 59 heavy (non-hydrogen) atoms. The van der Waals surface area contributed by atoms with Gasteiger partial charge in [-0.05, 0) is 143 Å². The van der Waals surface area contributed by atoms with Gasteiger partial charge in [-0.2, -0.15) is 0 Å². The number of carbonyl (C=O) groups excluding carboxylic acids is 2. The van der Waals surface area contributed by atoms with Crippen molar-refractivity contribution in [3.63, 3.8) is 0 Å². The quantitative estimate of drug-likeness (QED) is 0.129. The molecule has 0 saturated carbocycles. The molecular weight excluding hydrogens is 771 g/mol. The summed E-state index contributed by atoms with van der Waals surface area (Å²) < 4.78 is 12.9. The van der Waals surface area contributed by atoms with E-state index in [1.807, 2.05) is 36.4 Å². The molecule has 0 saturated heterocycles. The molecule has 0 bridgehead atoms. The summed E-state index contributed by atoms with van der Waals surface area (Å²) in [7, 11) is 0. The Balaban J connectivity index is 1.05. The van der Waals surface area contributed by atoms with Gasteiger partial charge in [0.15, 0.2) is 11.6 Å². The summed E-state index contributed by atoms with van der Waals surface area (Å²) >= 11 is 12.6. The van der Waals surface area contributed by atoms with Gasteiger partial charge in [-0.25, -0.2) is 0 Å². The van der Waals surface area contributed by atoms with Gasteiger partial charge in [-0.1, -0.05) is 120 Å². The standard InChI is InChI=1S/C53H36Cl2O4/c1-33-31-37(23-29-49(33)58-39-25-19-35(20-26-39)51(56)43-13-5-9-17-47(43)54)53(45-15-7-3-11-41(45)42-12-4-8-16-46(42)53)38-24-30-50(34(2)32-38)59-40-27-21-36(22-28-40)52(57)44-14-6-10-18-48(44)55/h3-32H,1-2H3. The van der Waals surface area contributed by atoms with E-state index in [1.54, 1.807) is 72.8 Å². The fraction of sp³-hybridized carbons (Fsp3) is 0.0566. The highest BCUT2D eigenvalue weighted by Gasteiger charge is 2.46. The monoisotopic (exact) mass is 806 g/mol. The lowest BCUT2D eigenvalue weighted by Crippen LogP contribution is -2.28. The van der Waals surface area contributed by atoms with Crippen molar-refractivity contribution < 1.29 is 19.1 Å². The van der Waals surface area contributed by atoms with E-state index in [9.17, 15) is 9.59 Å². The zero-order chi connectivity index (χ0) is 40.7. The number of ether oxygens (including phenoxy) is 2. The second-order valence-corrected chi connectivity index (χ2v) is 15.5. The lowest BCUT2D eigenvalue weighted by atomic mass is 9.67. The lowest BCUT2D eigenvalue weighted by molar-refractivity contribution is 0.103. The maximum atomic E-state index is 13.1. The van der Waals surface area contributed by atoms with E-state index in [0.29, 0.717) is 55.3 Å². The molecule has 0 atom stereocenters. The highest BCUT2D eigenvalue weighted by Crippen LogP contribution is 2.56. The molecule has 0 aliphatic heterocycles. The molecule has 6 heteroatoms. The van der Waals surface area contributed by atoms with E-state index >= 15 is 0 Å². The van der Waals surface area contributed by atoms with Crippen LogP contribution in [-0.4, -0.2) is 11.6 Å². The minimum atomic E-state index is -0.638. The normalized spacial score (nSPS) is 12.3. The van der Waals surface area contributed by atoms with Gasteiger partial charge in [0.25, 0.3) is 0 Å². The van der Waals surface area contributed by atoms with Gasteiger partial charge in [0.1, 0.15) is 23.0 Å². The Labute approximate surface area is 353 Å². The van der Waals surface area contributed by atoms with Crippen LogP contribution in [0.25, 0.3) is 11.1 Å². The largest absolute Gasteiger partial charge is 0.457 e. The Kier molecular flexibility index (Phi) is 9.98. The fourth-order valence-electron chi connectivity index (χ4n) is 8.22. The van der Waals surface area contributed by atoms with Crippen molar-refractivity contribution in [3.8, 4) is 34.1 Å². The molecule has 0 unspecified atom stereocenters. The first-order chi connectivity index (χ1) is 28.7. The maximum Gasteiger partial charge on any atom is 0.194 e. The number of hydrogen-bond donors (Lipinski definition) is 0. The smallest absolute Gasteiger partial charge is 0.194 e. The lowest BCUT2D eigenvalue weighted by Gasteiger charge is -2.34. The molecule has 1 aliphatic rings. The minimum Gasteiger partial charge on any atom is -0.457 e. The van der Waals surface area contributed by atoms with Crippen LogP contribution in [0.2, 0.25) is 10.0 Å². The van der Waals surface area contributed by atoms with Crippen LogP contribution in [0.15, 0.2) is 182 Å². The van der Waals surface area contributed by atoms with Gasteiger partial charge in [-0.3, -0.25) is 9.59 Å². The van der Waals surface area contributed by atoms with E-state index in [2.05, 4.69) is 86.6 Å². The molecule has 8 aromatic rings. The molecule has 1 aliphatic carbocycles. The number of carbonyl (C=O) groups is 2. The predicted molar refractivity (Wildman–Crippen MR) is 236 cm³/mol. The summed E-state index contributed by atoms with van der Waals surface area (Å²) in [5, 5.41) is 0.843. The van der Waals surface area contributed by atoms with Crippen molar-refractivity contribution in [2.75, 3.05) is 0 Å². The molecular formula is C53H36Cl2O4. The zero-order valence-corrected chi connectivity index (χ0v) is 33.7. The number of aryl methyl sites for hydroxylation is 2. The molecule has 286 valence electrons. The Bertz CT molecular complexity index is 2710. The van der Waals surface area contributed by atoms with Crippen LogP contribution in [0, 0.1) is 13.8 Å². The summed E-state index contributed by atoms with van der Waals surface area (Å²) in [6.07, 6.45) is 0. The fourth-order valence-corrected chi connectivity index (χ4v) is 8.67. The molecule has 0 aromatic heterocycles. The van der Waals surface area contributed by atoms with Crippen LogP contribution in [0.1, 0.15) is 65.2 Å². The van der Waals surface area contributed by atoms with Crippen molar-refractivity contribution in [3.05, 3.63) is 248 Å². The molecule has 9 rings (SSSR count). The van der Waals surface area contributed by atoms with Gasteiger partial charge >= 0.3 is 0 Å². The number of rotatable bonds is 10. The minimum absolute atomic E-state index is 0.142. The highest BCUT2D eigenvalue weighted by atomic mass is 35.5. The summed E-state index contributed by atoms with van der Waals surface area (Å²) in [5.41, 5.74) is 10.3. The predicted octanol–water partition coefficient (Wildman–Crippen LogP) is 14.0. The molecule has 0 N–H and O–H groups in total. The second kappa shape index (κ2) is 15.6. The summed E-state index contributed by atoms with van der Waals surface area (Å²) in [6, 6.07) is 58.5.